The van der Waals surface area contributed by atoms with Crippen LogP contribution >= 0.6 is 11.3 Å². The lowest BCUT2D eigenvalue weighted by molar-refractivity contribution is 0.0390. The SMILES string of the molecule is Cc1csc([C@@H]2CN(c3c(C#N)c(=O)n(C)c(=O)n3C)CCO2)n1. The summed E-state index contributed by atoms with van der Waals surface area (Å²) in [5.41, 5.74) is -0.143. The number of thiazole rings is 1. The molecule has 0 aromatic carbocycles. The van der Waals surface area contributed by atoms with Gasteiger partial charge in [0.25, 0.3) is 5.56 Å². The summed E-state index contributed by atoms with van der Waals surface area (Å²) in [5.74, 6) is 0.340. The van der Waals surface area contributed by atoms with E-state index in [0.29, 0.717) is 25.5 Å². The van der Waals surface area contributed by atoms with Gasteiger partial charge in [-0.05, 0) is 6.92 Å². The molecule has 126 valence electrons. The molecule has 3 rings (SSSR count). The van der Waals surface area contributed by atoms with E-state index >= 15 is 0 Å². The molecule has 9 heteroatoms. The van der Waals surface area contributed by atoms with Crippen LogP contribution in [-0.2, 0) is 18.8 Å². The van der Waals surface area contributed by atoms with Crippen LogP contribution in [0.15, 0.2) is 15.0 Å². The molecule has 0 amide bonds. The van der Waals surface area contributed by atoms with E-state index < -0.39 is 11.2 Å². The van der Waals surface area contributed by atoms with Gasteiger partial charge in [-0.2, -0.15) is 5.26 Å². The van der Waals surface area contributed by atoms with Gasteiger partial charge in [0.15, 0.2) is 5.56 Å². The van der Waals surface area contributed by atoms with Crippen molar-refractivity contribution in [1.82, 2.24) is 14.1 Å². The van der Waals surface area contributed by atoms with E-state index in [9.17, 15) is 14.9 Å². The van der Waals surface area contributed by atoms with Gasteiger partial charge in [0.1, 0.15) is 23.0 Å². The highest BCUT2D eigenvalue weighted by atomic mass is 32.1. The van der Waals surface area contributed by atoms with Crippen molar-refractivity contribution in [3.8, 4) is 6.07 Å². The van der Waals surface area contributed by atoms with Crippen molar-refractivity contribution in [3.63, 3.8) is 0 Å². The maximum absolute atomic E-state index is 12.3. The Morgan fingerprint density at radius 2 is 2.12 bits per heavy atom. The third-order valence-electron chi connectivity index (χ3n) is 4.02. The van der Waals surface area contributed by atoms with Crippen LogP contribution in [0.5, 0.6) is 0 Å². The number of rotatable bonds is 2. The molecule has 0 saturated carbocycles. The second kappa shape index (κ2) is 6.22. The molecule has 0 bridgehead atoms. The first-order chi connectivity index (χ1) is 11.4. The van der Waals surface area contributed by atoms with E-state index in [1.54, 1.807) is 7.05 Å². The molecule has 0 radical (unpaired) electrons. The number of nitriles is 1. The van der Waals surface area contributed by atoms with E-state index in [4.69, 9.17) is 4.74 Å². The van der Waals surface area contributed by atoms with E-state index in [0.717, 1.165) is 15.3 Å². The van der Waals surface area contributed by atoms with E-state index in [1.807, 2.05) is 23.3 Å². The van der Waals surface area contributed by atoms with Crippen LogP contribution in [0.2, 0.25) is 0 Å². The minimum absolute atomic E-state index is 0.0319. The molecule has 1 aliphatic heterocycles. The van der Waals surface area contributed by atoms with Crippen molar-refractivity contribution in [1.29, 1.82) is 5.26 Å². The standard InChI is InChI=1S/C15H17N5O3S/c1-9-8-24-12(17-9)11-7-20(4-5-23-11)13-10(6-16)14(21)19(3)15(22)18(13)2/h8,11H,4-5,7H2,1-3H3/t11-/m0/s1. The predicted octanol–water partition coefficient (Wildman–Crippen LogP) is 0.298. The van der Waals surface area contributed by atoms with Gasteiger partial charge in [0.2, 0.25) is 0 Å². The Balaban J connectivity index is 2.05. The van der Waals surface area contributed by atoms with Crippen LogP contribution in [0.4, 0.5) is 5.82 Å². The van der Waals surface area contributed by atoms with Crippen molar-refractivity contribution >= 4 is 17.2 Å². The molecule has 0 spiro atoms. The van der Waals surface area contributed by atoms with Gasteiger partial charge >= 0.3 is 5.69 Å². The van der Waals surface area contributed by atoms with Crippen LogP contribution in [0.3, 0.4) is 0 Å². The lowest BCUT2D eigenvalue weighted by atomic mass is 10.2. The zero-order valence-corrected chi connectivity index (χ0v) is 14.5. The molecule has 3 heterocycles. The van der Waals surface area contributed by atoms with Crippen LogP contribution in [0.1, 0.15) is 22.4 Å². The molecule has 2 aromatic heterocycles. The van der Waals surface area contributed by atoms with Gasteiger partial charge in [0.05, 0.1) is 13.2 Å². The number of morpholine rings is 1. The maximum atomic E-state index is 12.3. The number of nitrogens with zero attached hydrogens (tertiary/aromatic N) is 5. The third-order valence-corrected chi connectivity index (χ3v) is 5.08. The molecule has 8 nitrogen and oxygen atoms in total. The Bertz CT molecular complexity index is 936. The van der Waals surface area contributed by atoms with Gasteiger partial charge in [-0.1, -0.05) is 0 Å². The number of hydrogen-bond donors (Lipinski definition) is 0. The summed E-state index contributed by atoms with van der Waals surface area (Å²) in [7, 11) is 2.94. The fraction of sp³-hybridized carbons (Fsp3) is 0.467. The lowest BCUT2D eigenvalue weighted by Gasteiger charge is -2.34. The molecule has 0 unspecified atom stereocenters. The smallest absolute Gasteiger partial charge is 0.332 e. The molecule has 0 aliphatic carbocycles. The highest BCUT2D eigenvalue weighted by Crippen LogP contribution is 2.28. The second-order valence-corrected chi connectivity index (χ2v) is 6.54. The summed E-state index contributed by atoms with van der Waals surface area (Å²) < 4.78 is 8.07. The van der Waals surface area contributed by atoms with E-state index in [1.165, 1.54) is 23.0 Å². The number of aromatic nitrogens is 3. The minimum atomic E-state index is -0.580. The van der Waals surface area contributed by atoms with Crippen molar-refractivity contribution in [2.75, 3.05) is 24.6 Å². The quantitative estimate of drug-likeness (QED) is 0.776. The van der Waals surface area contributed by atoms with Crippen LogP contribution in [0.25, 0.3) is 0 Å². The van der Waals surface area contributed by atoms with Crippen LogP contribution < -0.4 is 16.1 Å². The fourth-order valence-corrected chi connectivity index (χ4v) is 3.65. The summed E-state index contributed by atoms with van der Waals surface area (Å²) in [6.07, 6.45) is -0.247. The van der Waals surface area contributed by atoms with Gasteiger partial charge < -0.3 is 9.64 Å². The Morgan fingerprint density at radius 1 is 1.38 bits per heavy atom. The molecular weight excluding hydrogens is 330 g/mol. The first kappa shape index (κ1) is 16.4. The first-order valence-corrected chi connectivity index (χ1v) is 8.30. The van der Waals surface area contributed by atoms with Gasteiger partial charge in [-0.25, -0.2) is 9.78 Å². The summed E-state index contributed by atoms with van der Waals surface area (Å²) in [6, 6.07) is 1.94. The fourth-order valence-electron chi connectivity index (χ4n) is 2.81. The Labute approximate surface area is 142 Å². The first-order valence-electron chi connectivity index (χ1n) is 7.42. The summed E-state index contributed by atoms with van der Waals surface area (Å²) in [4.78, 5) is 30.8. The monoisotopic (exact) mass is 347 g/mol. The molecule has 1 saturated heterocycles. The molecule has 1 aliphatic rings. The average Bonchev–Trinajstić information content (AvgIpc) is 3.02. The third kappa shape index (κ3) is 2.64. The largest absolute Gasteiger partial charge is 0.367 e. The zero-order valence-electron chi connectivity index (χ0n) is 13.6. The zero-order chi connectivity index (χ0) is 17.4. The molecular formula is C15H17N5O3S. The van der Waals surface area contributed by atoms with Crippen molar-refractivity contribution in [2.45, 2.75) is 13.0 Å². The molecule has 0 N–H and O–H groups in total. The van der Waals surface area contributed by atoms with E-state index in [-0.39, 0.29) is 11.7 Å². The summed E-state index contributed by atoms with van der Waals surface area (Å²) in [5, 5.41) is 12.2. The van der Waals surface area contributed by atoms with Crippen molar-refractivity contribution in [3.05, 3.63) is 42.5 Å². The Kier molecular flexibility index (Phi) is 4.26. The predicted molar refractivity (Wildman–Crippen MR) is 89.4 cm³/mol. The average molecular weight is 347 g/mol. The minimum Gasteiger partial charge on any atom is -0.367 e. The second-order valence-electron chi connectivity index (χ2n) is 5.65. The number of hydrogen-bond acceptors (Lipinski definition) is 7. The van der Waals surface area contributed by atoms with Gasteiger partial charge in [-0.15, -0.1) is 11.3 Å². The van der Waals surface area contributed by atoms with Crippen LogP contribution in [-0.4, -0.2) is 33.8 Å². The molecule has 24 heavy (non-hydrogen) atoms. The summed E-state index contributed by atoms with van der Waals surface area (Å²) >= 11 is 1.51. The maximum Gasteiger partial charge on any atom is 0.332 e. The lowest BCUT2D eigenvalue weighted by Crippen LogP contribution is -2.46. The van der Waals surface area contributed by atoms with Crippen molar-refractivity contribution in [2.24, 2.45) is 14.1 Å². The number of ether oxygens (including phenoxy) is 1. The normalized spacial score (nSPS) is 17.8. The van der Waals surface area contributed by atoms with Gasteiger partial charge in [0, 0.05) is 31.7 Å². The Hall–Kier alpha value is -2.44. The number of anilines is 1. The highest BCUT2D eigenvalue weighted by molar-refractivity contribution is 7.09. The van der Waals surface area contributed by atoms with Crippen molar-refractivity contribution < 1.29 is 4.74 Å². The van der Waals surface area contributed by atoms with E-state index in [2.05, 4.69) is 4.98 Å². The molecule has 1 fully saturated rings. The van der Waals surface area contributed by atoms with Crippen LogP contribution in [0, 0.1) is 18.3 Å². The summed E-state index contributed by atoms with van der Waals surface area (Å²) in [6.45, 7) is 3.27. The molecule has 2 aromatic rings. The van der Waals surface area contributed by atoms with Gasteiger partial charge in [-0.3, -0.25) is 13.9 Å². The number of aryl methyl sites for hydroxylation is 1. The Morgan fingerprint density at radius 3 is 2.75 bits per heavy atom. The molecule has 1 atom stereocenters. The topological polar surface area (TPSA) is 93.2 Å². The highest BCUT2D eigenvalue weighted by Gasteiger charge is 2.29.